The summed E-state index contributed by atoms with van der Waals surface area (Å²) in [4.78, 5) is 12.8. The van der Waals surface area contributed by atoms with Crippen molar-refractivity contribution in [3.8, 4) is 5.75 Å². The second-order valence-corrected chi connectivity index (χ2v) is 6.73. The van der Waals surface area contributed by atoms with Crippen LogP contribution >= 0.6 is 0 Å². The van der Waals surface area contributed by atoms with E-state index >= 15 is 0 Å². The van der Waals surface area contributed by atoms with Crippen LogP contribution < -0.4 is 15.8 Å². The van der Waals surface area contributed by atoms with Crippen molar-refractivity contribution in [1.82, 2.24) is 5.32 Å². The van der Waals surface area contributed by atoms with Crippen LogP contribution in [0.25, 0.3) is 0 Å². The smallest absolute Gasteiger partial charge is 0.225 e. The van der Waals surface area contributed by atoms with Crippen molar-refractivity contribution in [1.29, 1.82) is 0 Å². The number of rotatable bonds is 7. The lowest BCUT2D eigenvalue weighted by molar-refractivity contribution is -0.126. The molecular formula is C21H28N2O2. The maximum absolute atomic E-state index is 12.8. The van der Waals surface area contributed by atoms with Gasteiger partial charge in [-0.05, 0) is 29.2 Å². The second kappa shape index (κ2) is 8.67. The molecule has 25 heavy (non-hydrogen) atoms. The van der Waals surface area contributed by atoms with Gasteiger partial charge in [0.25, 0.3) is 0 Å². The monoisotopic (exact) mass is 340 g/mol. The van der Waals surface area contributed by atoms with E-state index in [4.69, 9.17) is 10.5 Å². The third kappa shape index (κ3) is 4.83. The quantitative estimate of drug-likeness (QED) is 0.805. The molecule has 3 atom stereocenters. The molecule has 0 fully saturated rings. The van der Waals surface area contributed by atoms with E-state index in [1.807, 2.05) is 61.5 Å². The fourth-order valence-corrected chi connectivity index (χ4v) is 2.86. The molecule has 0 aliphatic heterocycles. The molecule has 0 aromatic heterocycles. The lowest BCUT2D eigenvalue weighted by Crippen LogP contribution is -2.39. The highest BCUT2D eigenvalue weighted by Crippen LogP contribution is 2.26. The molecule has 134 valence electrons. The first kappa shape index (κ1) is 19.0. The molecule has 3 unspecified atom stereocenters. The van der Waals surface area contributed by atoms with E-state index in [1.54, 1.807) is 7.11 Å². The lowest BCUT2D eigenvalue weighted by Gasteiger charge is -2.27. The fourth-order valence-electron chi connectivity index (χ4n) is 2.86. The maximum Gasteiger partial charge on any atom is 0.225 e. The Morgan fingerprint density at radius 2 is 1.56 bits per heavy atom. The van der Waals surface area contributed by atoms with Gasteiger partial charge in [0.05, 0.1) is 19.1 Å². The summed E-state index contributed by atoms with van der Waals surface area (Å²) in [7, 11) is 1.64. The molecule has 0 aliphatic rings. The predicted molar refractivity (Wildman–Crippen MR) is 101 cm³/mol. The maximum atomic E-state index is 12.8. The summed E-state index contributed by atoms with van der Waals surface area (Å²) in [6.45, 7) is 6.06. The summed E-state index contributed by atoms with van der Waals surface area (Å²) >= 11 is 0. The first-order valence-electron chi connectivity index (χ1n) is 8.69. The molecule has 0 bridgehead atoms. The van der Waals surface area contributed by atoms with E-state index < -0.39 is 0 Å². The summed E-state index contributed by atoms with van der Waals surface area (Å²) in [6.07, 6.45) is 0. The van der Waals surface area contributed by atoms with Crippen LogP contribution in [-0.4, -0.2) is 13.0 Å². The third-order valence-electron chi connectivity index (χ3n) is 4.58. The van der Waals surface area contributed by atoms with E-state index in [-0.39, 0.29) is 29.8 Å². The first-order chi connectivity index (χ1) is 11.9. The molecule has 0 saturated carbocycles. The summed E-state index contributed by atoms with van der Waals surface area (Å²) in [5.74, 6) is 0.710. The van der Waals surface area contributed by atoms with Gasteiger partial charge in [-0.2, -0.15) is 0 Å². The standard InChI is InChI=1S/C21H28N2O2/c1-14(2)20(17-10-12-18(25-4)13-11-17)23-21(24)15(3)19(22)16-8-6-5-7-9-16/h5-15,19-20H,22H2,1-4H3,(H,23,24). The number of hydrogen-bond acceptors (Lipinski definition) is 3. The Balaban J connectivity index is 2.11. The zero-order valence-electron chi connectivity index (χ0n) is 15.4. The minimum absolute atomic E-state index is 0.0362. The average molecular weight is 340 g/mol. The molecule has 2 aromatic carbocycles. The molecule has 0 saturated heterocycles. The van der Waals surface area contributed by atoms with Crippen molar-refractivity contribution >= 4 is 5.91 Å². The second-order valence-electron chi connectivity index (χ2n) is 6.73. The molecule has 2 aromatic rings. The van der Waals surface area contributed by atoms with Crippen molar-refractivity contribution in [2.75, 3.05) is 7.11 Å². The van der Waals surface area contributed by atoms with Crippen molar-refractivity contribution in [2.24, 2.45) is 17.6 Å². The number of benzene rings is 2. The molecule has 0 aliphatic carbocycles. The number of hydrogen-bond donors (Lipinski definition) is 2. The number of methoxy groups -OCH3 is 1. The van der Waals surface area contributed by atoms with E-state index in [9.17, 15) is 4.79 Å². The number of nitrogens with two attached hydrogens (primary N) is 1. The zero-order valence-corrected chi connectivity index (χ0v) is 15.4. The van der Waals surface area contributed by atoms with Gasteiger partial charge in [0, 0.05) is 6.04 Å². The Morgan fingerprint density at radius 1 is 0.960 bits per heavy atom. The Labute approximate surface area is 150 Å². The average Bonchev–Trinajstić information content (AvgIpc) is 2.65. The molecular weight excluding hydrogens is 312 g/mol. The van der Waals surface area contributed by atoms with Crippen LogP contribution in [0, 0.1) is 11.8 Å². The Morgan fingerprint density at radius 3 is 2.08 bits per heavy atom. The Kier molecular flexibility index (Phi) is 6.59. The normalized spacial score (nSPS) is 14.6. The van der Waals surface area contributed by atoms with Crippen LogP contribution in [0.1, 0.15) is 44.0 Å². The molecule has 1 amide bonds. The Bertz CT molecular complexity index is 668. The number of ether oxygens (including phenoxy) is 1. The van der Waals surface area contributed by atoms with Crippen LogP contribution in [0.3, 0.4) is 0 Å². The minimum Gasteiger partial charge on any atom is -0.497 e. The van der Waals surface area contributed by atoms with Gasteiger partial charge >= 0.3 is 0 Å². The minimum atomic E-state index is -0.329. The van der Waals surface area contributed by atoms with Gasteiger partial charge in [0.1, 0.15) is 5.75 Å². The lowest BCUT2D eigenvalue weighted by atomic mass is 9.92. The summed E-state index contributed by atoms with van der Waals surface area (Å²) in [5.41, 5.74) is 8.32. The van der Waals surface area contributed by atoms with Gasteiger partial charge in [-0.1, -0.05) is 63.2 Å². The predicted octanol–water partition coefficient (Wildman–Crippen LogP) is 3.84. The molecule has 4 heteroatoms. The van der Waals surface area contributed by atoms with Gasteiger partial charge < -0.3 is 15.8 Å². The highest BCUT2D eigenvalue weighted by molar-refractivity contribution is 5.79. The van der Waals surface area contributed by atoms with Gasteiger partial charge in [-0.25, -0.2) is 0 Å². The highest BCUT2D eigenvalue weighted by Gasteiger charge is 2.26. The van der Waals surface area contributed by atoms with Gasteiger partial charge in [-0.15, -0.1) is 0 Å². The summed E-state index contributed by atoms with van der Waals surface area (Å²) in [6, 6.07) is 17.1. The summed E-state index contributed by atoms with van der Waals surface area (Å²) < 4.78 is 5.21. The third-order valence-corrected chi connectivity index (χ3v) is 4.58. The molecule has 3 N–H and O–H groups in total. The van der Waals surface area contributed by atoms with Gasteiger partial charge in [-0.3, -0.25) is 4.79 Å². The first-order valence-corrected chi connectivity index (χ1v) is 8.69. The van der Waals surface area contributed by atoms with Crippen molar-refractivity contribution in [3.63, 3.8) is 0 Å². The Hall–Kier alpha value is -2.33. The highest BCUT2D eigenvalue weighted by atomic mass is 16.5. The number of amides is 1. The SMILES string of the molecule is COc1ccc(C(NC(=O)C(C)C(N)c2ccccc2)C(C)C)cc1. The van der Waals surface area contributed by atoms with E-state index in [0.717, 1.165) is 16.9 Å². The van der Waals surface area contributed by atoms with Gasteiger partial charge in [0.2, 0.25) is 5.91 Å². The molecule has 0 spiro atoms. The van der Waals surface area contributed by atoms with Crippen LogP contribution in [-0.2, 0) is 4.79 Å². The zero-order chi connectivity index (χ0) is 18.4. The van der Waals surface area contributed by atoms with Crippen molar-refractivity contribution in [2.45, 2.75) is 32.9 Å². The van der Waals surface area contributed by atoms with Crippen LogP contribution in [0.5, 0.6) is 5.75 Å². The number of carbonyl (C=O) groups excluding carboxylic acids is 1. The van der Waals surface area contributed by atoms with Crippen LogP contribution in [0.4, 0.5) is 0 Å². The molecule has 0 radical (unpaired) electrons. The molecule has 0 heterocycles. The van der Waals surface area contributed by atoms with Gasteiger partial charge in [0.15, 0.2) is 0 Å². The largest absolute Gasteiger partial charge is 0.497 e. The number of nitrogens with one attached hydrogen (secondary N) is 1. The topological polar surface area (TPSA) is 64.3 Å². The van der Waals surface area contributed by atoms with E-state index in [0.29, 0.717) is 0 Å². The van der Waals surface area contributed by atoms with E-state index in [2.05, 4.69) is 19.2 Å². The molecule has 2 rings (SSSR count). The molecule has 4 nitrogen and oxygen atoms in total. The number of carbonyl (C=O) groups is 1. The van der Waals surface area contributed by atoms with Crippen LogP contribution in [0.2, 0.25) is 0 Å². The van der Waals surface area contributed by atoms with Crippen LogP contribution in [0.15, 0.2) is 54.6 Å². The van der Waals surface area contributed by atoms with Crippen molar-refractivity contribution in [3.05, 3.63) is 65.7 Å². The van der Waals surface area contributed by atoms with Crippen molar-refractivity contribution < 1.29 is 9.53 Å². The summed E-state index contributed by atoms with van der Waals surface area (Å²) in [5, 5.41) is 3.16. The van der Waals surface area contributed by atoms with E-state index in [1.165, 1.54) is 0 Å². The fraction of sp³-hybridized carbons (Fsp3) is 0.381.